The van der Waals surface area contributed by atoms with E-state index in [1.165, 1.54) is 5.56 Å². The molecule has 1 aliphatic heterocycles. The summed E-state index contributed by atoms with van der Waals surface area (Å²) in [6.45, 7) is 6.37. The molecule has 0 aromatic heterocycles. The molecule has 2 nitrogen and oxygen atoms in total. The van der Waals surface area contributed by atoms with Gasteiger partial charge in [0.15, 0.2) is 0 Å². The largest absolute Gasteiger partial charge is 0.508 e. The van der Waals surface area contributed by atoms with Gasteiger partial charge in [-0.05, 0) is 31.5 Å². The molecule has 1 aromatic carbocycles. The third-order valence-corrected chi connectivity index (χ3v) is 2.93. The molecular weight excluding hydrogens is 176 g/mol. The maximum Gasteiger partial charge on any atom is 0.115 e. The lowest BCUT2D eigenvalue weighted by Crippen LogP contribution is -2.10. The molecule has 14 heavy (non-hydrogen) atoms. The molecule has 1 N–H and O–H groups in total. The number of phenols is 1. The Morgan fingerprint density at radius 1 is 1.29 bits per heavy atom. The van der Waals surface area contributed by atoms with Gasteiger partial charge in [-0.15, -0.1) is 0 Å². The second kappa shape index (κ2) is 2.99. The van der Waals surface area contributed by atoms with Crippen LogP contribution < -0.4 is 0 Å². The van der Waals surface area contributed by atoms with Crippen LogP contribution in [0.2, 0.25) is 0 Å². The molecule has 0 spiro atoms. The summed E-state index contributed by atoms with van der Waals surface area (Å²) in [6.07, 6.45) is 0.312. The van der Waals surface area contributed by atoms with Crippen molar-refractivity contribution in [2.75, 3.05) is 0 Å². The second-order valence-electron chi connectivity index (χ2n) is 4.52. The second-order valence-corrected chi connectivity index (χ2v) is 4.52. The smallest absolute Gasteiger partial charge is 0.115 e. The number of benzene rings is 1. The van der Waals surface area contributed by atoms with Crippen LogP contribution in [-0.2, 0) is 4.74 Å². The Balaban J connectivity index is 2.13. The van der Waals surface area contributed by atoms with Gasteiger partial charge in [0.25, 0.3) is 0 Å². The van der Waals surface area contributed by atoms with E-state index in [9.17, 15) is 0 Å². The van der Waals surface area contributed by atoms with Crippen LogP contribution in [0.3, 0.4) is 0 Å². The van der Waals surface area contributed by atoms with Crippen molar-refractivity contribution < 1.29 is 9.84 Å². The van der Waals surface area contributed by atoms with Gasteiger partial charge >= 0.3 is 0 Å². The highest BCUT2D eigenvalue weighted by molar-refractivity contribution is 5.30. The molecule has 0 amide bonds. The predicted octanol–water partition coefficient (Wildman–Crippen LogP) is 2.67. The molecule has 2 unspecified atom stereocenters. The molecule has 1 fully saturated rings. The lowest BCUT2D eigenvalue weighted by Gasteiger charge is -2.09. The van der Waals surface area contributed by atoms with Gasteiger partial charge in [-0.3, -0.25) is 0 Å². The van der Waals surface area contributed by atoms with Gasteiger partial charge in [0, 0.05) is 5.92 Å². The van der Waals surface area contributed by atoms with Gasteiger partial charge in [0.2, 0.25) is 0 Å². The monoisotopic (exact) mass is 192 g/mol. The number of hydrogen-bond donors (Lipinski definition) is 1. The predicted molar refractivity (Wildman–Crippen MR) is 55.5 cm³/mol. The zero-order chi connectivity index (χ0) is 10.3. The van der Waals surface area contributed by atoms with E-state index in [0.717, 1.165) is 0 Å². The Kier molecular flexibility index (Phi) is 2.04. The summed E-state index contributed by atoms with van der Waals surface area (Å²) in [5, 5.41) is 9.16. The molecule has 0 radical (unpaired) electrons. The summed E-state index contributed by atoms with van der Waals surface area (Å²) in [5.74, 6) is 0.711. The first kappa shape index (κ1) is 9.53. The lowest BCUT2D eigenvalue weighted by molar-refractivity contribution is 0.315. The minimum Gasteiger partial charge on any atom is -0.508 e. The van der Waals surface area contributed by atoms with E-state index in [1.54, 1.807) is 12.1 Å². The van der Waals surface area contributed by atoms with Crippen LogP contribution in [-0.4, -0.2) is 16.8 Å². The summed E-state index contributed by atoms with van der Waals surface area (Å²) >= 11 is 0. The number of hydrogen-bond acceptors (Lipinski definition) is 2. The van der Waals surface area contributed by atoms with E-state index in [-0.39, 0.29) is 5.60 Å². The van der Waals surface area contributed by atoms with Gasteiger partial charge < -0.3 is 9.84 Å². The quantitative estimate of drug-likeness (QED) is 0.731. The van der Waals surface area contributed by atoms with Crippen LogP contribution in [0.5, 0.6) is 5.75 Å². The molecule has 0 bridgehead atoms. The topological polar surface area (TPSA) is 32.8 Å². The first-order valence-electron chi connectivity index (χ1n) is 4.97. The number of rotatable bonds is 2. The first-order chi connectivity index (χ1) is 6.50. The molecule has 0 aliphatic carbocycles. The van der Waals surface area contributed by atoms with E-state index in [2.05, 4.69) is 20.8 Å². The zero-order valence-corrected chi connectivity index (χ0v) is 8.82. The minimum absolute atomic E-state index is 0.0251. The normalized spacial score (nSPS) is 25.8. The highest BCUT2D eigenvalue weighted by Crippen LogP contribution is 2.44. The summed E-state index contributed by atoms with van der Waals surface area (Å²) < 4.78 is 5.59. The third kappa shape index (κ3) is 1.62. The van der Waals surface area contributed by atoms with E-state index in [4.69, 9.17) is 9.84 Å². The number of aromatic hydroxyl groups is 1. The Hall–Kier alpha value is -1.02. The molecule has 1 heterocycles. The fourth-order valence-corrected chi connectivity index (χ4v) is 1.95. The molecule has 1 aromatic rings. The van der Waals surface area contributed by atoms with Crippen molar-refractivity contribution in [2.45, 2.75) is 38.4 Å². The molecule has 76 valence electrons. The molecule has 2 heteroatoms. The summed E-state index contributed by atoms with van der Waals surface area (Å²) in [7, 11) is 0. The van der Waals surface area contributed by atoms with E-state index < -0.39 is 0 Å². The van der Waals surface area contributed by atoms with Gasteiger partial charge in [-0.1, -0.05) is 19.1 Å². The van der Waals surface area contributed by atoms with Crippen molar-refractivity contribution in [3.05, 3.63) is 29.8 Å². The van der Waals surface area contributed by atoms with Gasteiger partial charge in [-0.2, -0.15) is 0 Å². The van der Waals surface area contributed by atoms with Crippen LogP contribution in [0.4, 0.5) is 0 Å². The molecular formula is C12H16O2. The van der Waals surface area contributed by atoms with Crippen molar-refractivity contribution in [1.29, 1.82) is 0 Å². The number of ether oxygens (including phenoxy) is 1. The lowest BCUT2D eigenvalue weighted by atomic mass is 9.92. The van der Waals surface area contributed by atoms with Crippen LogP contribution in [0.15, 0.2) is 24.3 Å². The zero-order valence-electron chi connectivity index (χ0n) is 8.82. The Morgan fingerprint density at radius 3 is 2.21 bits per heavy atom. The first-order valence-corrected chi connectivity index (χ1v) is 4.97. The summed E-state index contributed by atoms with van der Waals surface area (Å²) in [5.41, 5.74) is 1.25. The number of epoxide rings is 1. The minimum atomic E-state index is 0.0251. The molecule has 2 rings (SSSR count). The SMILES string of the molecule is CC(c1ccc(O)cc1)C1OC1(C)C. The van der Waals surface area contributed by atoms with E-state index in [1.807, 2.05) is 12.1 Å². The van der Waals surface area contributed by atoms with E-state index in [0.29, 0.717) is 17.8 Å². The fraction of sp³-hybridized carbons (Fsp3) is 0.500. The fourth-order valence-electron chi connectivity index (χ4n) is 1.95. The van der Waals surface area contributed by atoms with Crippen LogP contribution in [0.1, 0.15) is 32.3 Å². The van der Waals surface area contributed by atoms with Gasteiger partial charge in [-0.25, -0.2) is 0 Å². The van der Waals surface area contributed by atoms with Crippen molar-refractivity contribution in [3.63, 3.8) is 0 Å². The number of phenolic OH excluding ortho intramolecular Hbond substituents is 1. The average molecular weight is 192 g/mol. The summed E-state index contributed by atoms with van der Waals surface area (Å²) in [6, 6.07) is 7.36. The maximum atomic E-state index is 9.16. The molecule has 2 atom stereocenters. The Labute approximate surface area is 84.5 Å². The van der Waals surface area contributed by atoms with E-state index >= 15 is 0 Å². The Bertz CT molecular complexity index is 327. The van der Waals surface area contributed by atoms with Crippen molar-refractivity contribution in [2.24, 2.45) is 0 Å². The standard InChI is InChI=1S/C12H16O2/c1-8(11-12(2,3)14-11)9-4-6-10(13)7-5-9/h4-8,11,13H,1-3H3. The van der Waals surface area contributed by atoms with Crippen LogP contribution in [0.25, 0.3) is 0 Å². The van der Waals surface area contributed by atoms with Gasteiger partial charge in [0.05, 0.1) is 11.7 Å². The van der Waals surface area contributed by atoms with Crippen molar-refractivity contribution in [1.82, 2.24) is 0 Å². The summed E-state index contributed by atoms with van der Waals surface area (Å²) in [4.78, 5) is 0. The van der Waals surface area contributed by atoms with Crippen LogP contribution in [0, 0.1) is 0 Å². The maximum absolute atomic E-state index is 9.16. The van der Waals surface area contributed by atoms with Crippen molar-refractivity contribution >= 4 is 0 Å². The third-order valence-electron chi connectivity index (χ3n) is 2.93. The average Bonchev–Trinajstić information content (AvgIpc) is 2.75. The molecule has 0 saturated carbocycles. The molecule has 1 saturated heterocycles. The van der Waals surface area contributed by atoms with Crippen molar-refractivity contribution in [3.8, 4) is 5.75 Å². The Morgan fingerprint density at radius 2 is 1.79 bits per heavy atom. The van der Waals surface area contributed by atoms with Crippen LogP contribution >= 0.6 is 0 Å². The highest BCUT2D eigenvalue weighted by atomic mass is 16.6. The molecule has 1 aliphatic rings. The highest BCUT2D eigenvalue weighted by Gasteiger charge is 2.51. The van der Waals surface area contributed by atoms with Gasteiger partial charge in [0.1, 0.15) is 5.75 Å².